The second-order valence-electron chi connectivity index (χ2n) is 7.50. The zero-order valence-corrected chi connectivity index (χ0v) is 17.0. The van der Waals surface area contributed by atoms with Gasteiger partial charge in [-0.25, -0.2) is 15.0 Å². The first-order chi connectivity index (χ1) is 14.2. The van der Waals surface area contributed by atoms with Crippen LogP contribution in [0.25, 0.3) is 16.5 Å². The number of nitrogens with one attached hydrogen (secondary N) is 1. The van der Waals surface area contributed by atoms with E-state index in [-0.39, 0.29) is 11.5 Å². The van der Waals surface area contributed by atoms with Crippen molar-refractivity contribution in [1.82, 2.24) is 29.2 Å². The zero-order chi connectivity index (χ0) is 19.8. The molecule has 4 aromatic rings. The smallest absolute Gasteiger partial charge is 0.251 e. The van der Waals surface area contributed by atoms with E-state index in [0.29, 0.717) is 5.82 Å². The van der Waals surface area contributed by atoms with Crippen LogP contribution in [0.1, 0.15) is 35.8 Å². The fourth-order valence-corrected chi connectivity index (χ4v) is 4.77. The summed E-state index contributed by atoms with van der Waals surface area (Å²) in [5.74, 6) is 1.66. The van der Waals surface area contributed by atoms with Gasteiger partial charge >= 0.3 is 0 Å². The van der Waals surface area contributed by atoms with Gasteiger partial charge in [-0.3, -0.25) is 14.1 Å². The minimum Gasteiger partial charge on any atom is -0.306 e. The highest BCUT2D eigenvalue weighted by Crippen LogP contribution is 2.28. The molecule has 0 saturated carbocycles. The first-order valence-electron chi connectivity index (χ1n) is 9.83. The first-order valence-corrected chi connectivity index (χ1v) is 10.7. The highest BCUT2D eigenvalue weighted by Gasteiger charge is 2.25. The van der Waals surface area contributed by atoms with Crippen LogP contribution in [0.2, 0.25) is 0 Å². The fraction of sp³-hybridized carbons (Fsp3) is 0.333. The second-order valence-corrected chi connectivity index (χ2v) is 8.45. The number of likely N-dealkylation sites (tertiary alicyclic amines) is 1. The highest BCUT2D eigenvalue weighted by molar-refractivity contribution is 7.13. The topological polar surface area (TPSA) is 79.2 Å². The number of aromatic nitrogens is 5. The summed E-state index contributed by atoms with van der Waals surface area (Å²) in [6.45, 7) is 4.77. The lowest BCUT2D eigenvalue weighted by molar-refractivity contribution is 0.195. The Kier molecular flexibility index (Phi) is 4.73. The molecule has 1 atom stereocenters. The molecule has 0 spiro atoms. The van der Waals surface area contributed by atoms with E-state index in [2.05, 4.69) is 24.3 Å². The molecule has 1 saturated heterocycles. The maximum atomic E-state index is 12.3. The van der Waals surface area contributed by atoms with Crippen molar-refractivity contribution in [2.45, 2.75) is 32.2 Å². The molecule has 1 fully saturated rings. The predicted molar refractivity (Wildman–Crippen MR) is 113 cm³/mol. The molecular formula is C21H22N6OS. The highest BCUT2D eigenvalue weighted by atomic mass is 32.1. The van der Waals surface area contributed by atoms with E-state index in [9.17, 15) is 4.79 Å². The van der Waals surface area contributed by atoms with Crippen LogP contribution in [0.4, 0.5) is 0 Å². The number of hydrogen-bond acceptors (Lipinski definition) is 6. The average Bonchev–Trinajstić information content (AvgIpc) is 3.37. The van der Waals surface area contributed by atoms with Gasteiger partial charge in [0.05, 0.1) is 22.0 Å². The van der Waals surface area contributed by atoms with E-state index in [1.807, 2.05) is 36.7 Å². The Morgan fingerprint density at radius 3 is 3.10 bits per heavy atom. The molecule has 148 valence electrons. The lowest BCUT2D eigenvalue weighted by Crippen LogP contribution is -2.35. The summed E-state index contributed by atoms with van der Waals surface area (Å²) in [5, 5.41) is 2.00. The second kappa shape index (κ2) is 7.53. The van der Waals surface area contributed by atoms with E-state index < -0.39 is 0 Å². The number of aromatic amines is 1. The molecule has 5 rings (SSSR count). The van der Waals surface area contributed by atoms with Crippen molar-refractivity contribution in [2.75, 3.05) is 13.1 Å². The molecule has 0 aliphatic carbocycles. The normalized spacial score (nSPS) is 17.8. The molecule has 5 heterocycles. The van der Waals surface area contributed by atoms with Crippen molar-refractivity contribution < 1.29 is 0 Å². The van der Waals surface area contributed by atoms with Crippen LogP contribution in [-0.2, 0) is 6.54 Å². The Bertz CT molecular complexity index is 1200. The Labute approximate surface area is 172 Å². The molecule has 1 aliphatic rings. The van der Waals surface area contributed by atoms with E-state index in [1.165, 1.54) is 5.69 Å². The molecule has 0 aromatic carbocycles. The average molecular weight is 407 g/mol. The van der Waals surface area contributed by atoms with Gasteiger partial charge in [0.25, 0.3) is 5.56 Å². The van der Waals surface area contributed by atoms with Crippen molar-refractivity contribution >= 4 is 17.1 Å². The molecule has 1 aliphatic heterocycles. The number of H-pyrrole nitrogens is 1. The summed E-state index contributed by atoms with van der Waals surface area (Å²) < 4.78 is 2.07. The molecule has 0 bridgehead atoms. The third-order valence-corrected chi connectivity index (χ3v) is 6.39. The molecule has 8 heteroatoms. The van der Waals surface area contributed by atoms with Crippen molar-refractivity contribution in [3.05, 3.63) is 69.5 Å². The van der Waals surface area contributed by atoms with E-state index in [4.69, 9.17) is 4.98 Å². The summed E-state index contributed by atoms with van der Waals surface area (Å²) in [4.78, 5) is 32.3. The number of aryl methyl sites for hydroxylation is 1. The predicted octanol–water partition coefficient (Wildman–Crippen LogP) is 3.23. The van der Waals surface area contributed by atoms with E-state index >= 15 is 0 Å². The van der Waals surface area contributed by atoms with E-state index in [1.54, 1.807) is 23.6 Å². The summed E-state index contributed by atoms with van der Waals surface area (Å²) >= 11 is 1.59. The molecule has 1 unspecified atom stereocenters. The maximum absolute atomic E-state index is 12.3. The fourth-order valence-electron chi connectivity index (χ4n) is 4.10. The number of piperidine rings is 1. The van der Waals surface area contributed by atoms with Crippen LogP contribution in [0.15, 0.2) is 46.8 Å². The summed E-state index contributed by atoms with van der Waals surface area (Å²) in [7, 11) is 0. The molecule has 0 amide bonds. The largest absolute Gasteiger partial charge is 0.306 e. The molecule has 29 heavy (non-hydrogen) atoms. The third kappa shape index (κ3) is 3.61. The SMILES string of the molecule is Cc1nc2ncccn2c1CN1CCCC(c2cc(=O)[nH]c(-c3cccs3)n2)C1. The van der Waals surface area contributed by atoms with Crippen molar-refractivity contribution in [3.63, 3.8) is 0 Å². The number of fused-ring (bicyclic) bond motifs is 1. The lowest BCUT2D eigenvalue weighted by atomic mass is 9.94. The van der Waals surface area contributed by atoms with Gasteiger partial charge in [0, 0.05) is 37.5 Å². The lowest BCUT2D eigenvalue weighted by Gasteiger charge is -2.32. The summed E-state index contributed by atoms with van der Waals surface area (Å²) in [5.41, 5.74) is 2.99. The van der Waals surface area contributed by atoms with Gasteiger partial charge in [0.1, 0.15) is 5.82 Å². The number of thiophene rings is 1. The van der Waals surface area contributed by atoms with Gasteiger partial charge in [-0.2, -0.15) is 0 Å². The van der Waals surface area contributed by atoms with Crippen LogP contribution in [0, 0.1) is 6.92 Å². The van der Waals surface area contributed by atoms with Crippen molar-refractivity contribution in [3.8, 4) is 10.7 Å². The Morgan fingerprint density at radius 2 is 2.24 bits per heavy atom. The van der Waals surface area contributed by atoms with E-state index in [0.717, 1.165) is 54.5 Å². The van der Waals surface area contributed by atoms with Gasteiger partial charge in [-0.05, 0) is 43.8 Å². The van der Waals surface area contributed by atoms with Gasteiger partial charge in [0.15, 0.2) is 0 Å². The maximum Gasteiger partial charge on any atom is 0.251 e. The van der Waals surface area contributed by atoms with Gasteiger partial charge < -0.3 is 4.98 Å². The van der Waals surface area contributed by atoms with Crippen LogP contribution in [0.3, 0.4) is 0 Å². The Hall–Kier alpha value is -2.84. The minimum absolute atomic E-state index is 0.0840. The number of hydrogen-bond donors (Lipinski definition) is 1. The molecule has 1 N–H and O–H groups in total. The monoisotopic (exact) mass is 406 g/mol. The molecule has 0 radical (unpaired) electrons. The van der Waals surface area contributed by atoms with Crippen molar-refractivity contribution in [2.24, 2.45) is 0 Å². The minimum atomic E-state index is -0.0840. The van der Waals surface area contributed by atoms with Crippen LogP contribution in [-0.4, -0.2) is 42.3 Å². The van der Waals surface area contributed by atoms with Crippen molar-refractivity contribution in [1.29, 1.82) is 0 Å². The quantitative estimate of drug-likeness (QED) is 0.563. The standard InChI is InChI=1S/C21H22N6OS/c1-14-17(27-9-4-7-22-21(27)23-14)13-26-8-2-5-15(12-26)16-11-19(28)25-20(24-16)18-6-3-10-29-18/h3-4,6-7,9-11,15H,2,5,8,12-13H2,1H3,(H,24,25,28). The third-order valence-electron chi connectivity index (χ3n) is 5.52. The number of imidazole rings is 1. The first kappa shape index (κ1) is 18.2. The van der Waals surface area contributed by atoms with Crippen LogP contribution in [0.5, 0.6) is 0 Å². The summed E-state index contributed by atoms with van der Waals surface area (Å²) in [6, 6.07) is 7.56. The molecule has 4 aromatic heterocycles. The van der Waals surface area contributed by atoms with Gasteiger partial charge in [-0.1, -0.05) is 6.07 Å². The van der Waals surface area contributed by atoms with Gasteiger partial charge in [-0.15, -0.1) is 11.3 Å². The molecular weight excluding hydrogens is 384 g/mol. The van der Waals surface area contributed by atoms with Crippen LogP contribution < -0.4 is 5.56 Å². The molecule has 7 nitrogen and oxygen atoms in total. The summed E-state index contributed by atoms with van der Waals surface area (Å²) in [6.07, 6.45) is 5.92. The zero-order valence-electron chi connectivity index (χ0n) is 16.2. The van der Waals surface area contributed by atoms with Crippen LogP contribution >= 0.6 is 11.3 Å². The van der Waals surface area contributed by atoms with Gasteiger partial charge in [0.2, 0.25) is 5.78 Å². The Morgan fingerprint density at radius 1 is 1.31 bits per heavy atom. The number of nitrogens with zero attached hydrogens (tertiary/aromatic N) is 5. The number of rotatable bonds is 4. The Balaban J connectivity index is 1.40.